The van der Waals surface area contributed by atoms with E-state index in [1.807, 2.05) is 30.3 Å². The highest BCUT2D eigenvalue weighted by Gasteiger charge is 2.20. The van der Waals surface area contributed by atoms with Gasteiger partial charge in [-0.2, -0.15) is 0 Å². The highest BCUT2D eigenvalue weighted by atomic mass is 35.5. The van der Waals surface area contributed by atoms with Crippen LogP contribution in [0.5, 0.6) is 5.75 Å². The molecule has 1 heterocycles. The molecule has 0 aliphatic carbocycles. The first-order chi connectivity index (χ1) is 12.0. The van der Waals surface area contributed by atoms with Crippen molar-refractivity contribution in [3.8, 4) is 16.9 Å². The van der Waals surface area contributed by atoms with E-state index in [4.69, 9.17) is 16.3 Å². The summed E-state index contributed by atoms with van der Waals surface area (Å²) in [6.45, 7) is 0. The lowest BCUT2D eigenvalue weighted by Crippen LogP contribution is -2.14. The molecule has 0 fully saturated rings. The summed E-state index contributed by atoms with van der Waals surface area (Å²) in [7, 11) is -2.47. The van der Waals surface area contributed by atoms with Gasteiger partial charge in [-0.05, 0) is 29.8 Å². The summed E-state index contributed by atoms with van der Waals surface area (Å²) in [5, 5.41) is 0.303. The Morgan fingerprint density at radius 2 is 1.76 bits per heavy atom. The predicted octanol–water partition coefficient (Wildman–Crippen LogP) is 4.21. The smallest absolute Gasteiger partial charge is 0.265 e. The monoisotopic (exact) mass is 374 g/mol. The Kier molecular flexibility index (Phi) is 4.92. The number of sulfonamides is 1. The Labute approximate surface area is 151 Å². The third-order valence-electron chi connectivity index (χ3n) is 3.51. The minimum absolute atomic E-state index is 0.0346. The zero-order valence-corrected chi connectivity index (χ0v) is 14.9. The van der Waals surface area contributed by atoms with Crippen molar-refractivity contribution in [2.45, 2.75) is 4.90 Å². The van der Waals surface area contributed by atoms with Crippen molar-refractivity contribution < 1.29 is 13.2 Å². The van der Waals surface area contributed by atoms with E-state index in [-0.39, 0.29) is 10.6 Å². The van der Waals surface area contributed by atoms with Crippen LogP contribution in [0.3, 0.4) is 0 Å². The fourth-order valence-corrected chi connectivity index (χ4v) is 3.82. The molecule has 0 atom stereocenters. The van der Waals surface area contributed by atoms with Crippen LogP contribution in [0.25, 0.3) is 11.1 Å². The number of aromatic nitrogens is 1. The maximum absolute atomic E-state index is 12.7. The van der Waals surface area contributed by atoms with E-state index in [1.54, 1.807) is 18.3 Å². The summed E-state index contributed by atoms with van der Waals surface area (Å²) in [6.07, 6.45) is 3.12. The zero-order chi connectivity index (χ0) is 17.9. The molecule has 0 saturated carbocycles. The number of nitrogens with zero attached hydrogens (tertiary/aromatic N) is 1. The molecule has 0 bridgehead atoms. The van der Waals surface area contributed by atoms with Crippen molar-refractivity contribution in [1.29, 1.82) is 0 Å². The fourth-order valence-electron chi connectivity index (χ4n) is 2.35. The molecular weight excluding hydrogens is 360 g/mol. The van der Waals surface area contributed by atoms with Crippen LogP contribution >= 0.6 is 11.6 Å². The summed E-state index contributed by atoms with van der Waals surface area (Å²) in [4.78, 5) is 4.08. The van der Waals surface area contributed by atoms with Crippen LogP contribution in [-0.2, 0) is 10.0 Å². The average molecular weight is 375 g/mol. The number of nitrogens with one attached hydrogen (secondary N) is 1. The SMILES string of the molecule is COc1ccc(Cl)cc1S(=O)(=O)Nc1cncc(-c2ccccc2)c1. The highest BCUT2D eigenvalue weighted by molar-refractivity contribution is 7.92. The molecule has 7 heteroatoms. The second-order valence-corrected chi connectivity index (χ2v) is 7.32. The lowest BCUT2D eigenvalue weighted by atomic mass is 10.1. The Morgan fingerprint density at radius 3 is 2.48 bits per heavy atom. The summed E-state index contributed by atoms with van der Waals surface area (Å²) >= 11 is 5.93. The second-order valence-electron chi connectivity index (χ2n) is 5.23. The van der Waals surface area contributed by atoms with Crippen LogP contribution in [0.2, 0.25) is 5.02 Å². The van der Waals surface area contributed by atoms with Gasteiger partial charge in [0.15, 0.2) is 0 Å². The molecule has 128 valence electrons. The van der Waals surface area contributed by atoms with Crippen molar-refractivity contribution in [1.82, 2.24) is 4.98 Å². The third kappa shape index (κ3) is 3.92. The van der Waals surface area contributed by atoms with Gasteiger partial charge in [0.1, 0.15) is 10.6 Å². The fraction of sp³-hybridized carbons (Fsp3) is 0.0556. The van der Waals surface area contributed by atoms with Gasteiger partial charge in [0.2, 0.25) is 0 Å². The normalized spacial score (nSPS) is 11.1. The number of benzene rings is 2. The van der Waals surface area contributed by atoms with Gasteiger partial charge in [0.05, 0.1) is 19.0 Å². The summed E-state index contributed by atoms with van der Waals surface area (Å²) < 4.78 is 33.0. The van der Waals surface area contributed by atoms with Crippen LogP contribution in [0.1, 0.15) is 0 Å². The van der Waals surface area contributed by atoms with E-state index in [0.29, 0.717) is 10.7 Å². The number of hydrogen-bond acceptors (Lipinski definition) is 4. The van der Waals surface area contributed by atoms with Crippen LogP contribution in [-0.4, -0.2) is 20.5 Å². The minimum atomic E-state index is -3.88. The van der Waals surface area contributed by atoms with E-state index in [1.165, 1.54) is 25.4 Å². The van der Waals surface area contributed by atoms with Gasteiger partial charge in [-0.3, -0.25) is 9.71 Å². The van der Waals surface area contributed by atoms with Gasteiger partial charge in [-0.25, -0.2) is 8.42 Å². The maximum atomic E-state index is 12.7. The number of ether oxygens (including phenoxy) is 1. The van der Waals surface area contributed by atoms with Gasteiger partial charge in [0, 0.05) is 16.8 Å². The van der Waals surface area contributed by atoms with Crippen LogP contribution < -0.4 is 9.46 Å². The van der Waals surface area contributed by atoms with Gasteiger partial charge >= 0.3 is 0 Å². The lowest BCUT2D eigenvalue weighted by Gasteiger charge is -2.12. The van der Waals surface area contributed by atoms with Crippen molar-refractivity contribution in [3.63, 3.8) is 0 Å². The molecule has 0 amide bonds. The molecule has 3 rings (SSSR count). The summed E-state index contributed by atoms with van der Waals surface area (Å²) in [6, 6.07) is 15.7. The summed E-state index contributed by atoms with van der Waals surface area (Å²) in [5.74, 6) is 0.212. The van der Waals surface area contributed by atoms with Gasteiger partial charge in [0.25, 0.3) is 10.0 Å². The molecule has 0 radical (unpaired) electrons. The number of methoxy groups -OCH3 is 1. The molecule has 2 aromatic carbocycles. The standard InChI is InChI=1S/C18H15ClN2O3S/c1-24-17-8-7-15(19)10-18(17)25(22,23)21-16-9-14(11-20-12-16)13-5-3-2-4-6-13/h2-12,21H,1H3. The lowest BCUT2D eigenvalue weighted by molar-refractivity contribution is 0.403. The van der Waals surface area contributed by atoms with E-state index < -0.39 is 10.0 Å². The topological polar surface area (TPSA) is 68.3 Å². The van der Waals surface area contributed by atoms with Crippen molar-refractivity contribution in [2.24, 2.45) is 0 Å². The third-order valence-corrected chi connectivity index (χ3v) is 5.15. The molecule has 3 aromatic rings. The largest absolute Gasteiger partial charge is 0.495 e. The van der Waals surface area contributed by atoms with Crippen molar-refractivity contribution >= 4 is 27.3 Å². The zero-order valence-electron chi connectivity index (χ0n) is 13.3. The number of hydrogen-bond donors (Lipinski definition) is 1. The Morgan fingerprint density at radius 1 is 1.00 bits per heavy atom. The summed E-state index contributed by atoms with van der Waals surface area (Å²) in [5.41, 5.74) is 2.10. The van der Waals surface area contributed by atoms with E-state index in [2.05, 4.69) is 9.71 Å². The number of pyridine rings is 1. The molecule has 0 spiro atoms. The molecule has 0 saturated heterocycles. The van der Waals surface area contributed by atoms with Crippen LogP contribution in [0.15, 0.2) is 71.9 Å². The molecule has 0 unspecified atom stereocenters. The molecule has 0 aliphatic heterocycles. The average Bonchev–Trinajstić information content (AvgIpc) is 2.62. The van der Waals surface area contributed by atoms with E-state index in [0.717, 1.165) is 11.1 Å². The molecule has 0 aliphatic rings. The first kappa shape index (κ1) is 17.3. The van der Waals surface area contributed by atoms with Crippen molar-refractivity contribution in [2.75, 3.05) is 11.8 Å². The quantitative estimate of drug-likeness (QED) is 0.726. The molecule has 1 aromatic heterocycles. The van der Waals surface area contributed by atoms with E-state index in [9.17, 15) is 8.42 Å². The number of halogens is 1. The first-order valence-electron chi connectivity index (χ1n) is 7.36. The van der Waals surface area contributed by atoms with Crippen LogP contribution in [0, 0.1) is 0 Å². The number of rotatable bonds is 5. The van der Waals surface area contributed by atoms with Gasteiger partial charge in [-0.15, -0.1) is 0 Å². The minimum Gasteiger partial charge on any atom is -0.495 e. The Balaban J connectivity index is 1.96. The molecule has 1 N–H and O–H groups in total. The predicted molar refractivity (Wildman–Crippen MR) is 98.5 cm³/mol. The number of anilines is 1. The maximum Gasteiger partial charge on any atom is 0.265 e. The second kappa shape index (κ2) is 7.13. The van der Waals surface area contributed by atoms with Gasteiger partial charge in [-0.1, -0.05) is 41.9 Å². The van der Waals surface area contributed by atoms with Crippen molar-refractivity contribution in [3.05, 3.63) is 72.0 Å². The first-order valence-corrected chi connectivity index (χ1v) is 9.22. The Hall–Kier alpha value is -2.57. The molecule has 5 nitrogen and oxygen atoms in total. The van der Waals surface area contributed by atoms with E-state index >= 15 is 0 Å². The highest BCUT2D eigenvalue weighted by Crippen LogP contribution is 2.29. The molecule has 25 heavy (non-hydrogen) atoms. The van der Waals surface area contributed by atoms with Gasteiger partial charge < -0.3 is 4.74 Å². The Bertz CT molecular complexity index is 992. The van der Waals surface area contributed by atoms with Crippen LogP contribution in [0.4, 0.5) is 5.69 Å². The molecular formula is C18H15ClN2O3S.